The van der Waals surface area contributed by atoms with E-state index in [1.807, 2.05) is 53.5 Å². The third-order valence-electron chi connectivity index (χ3n) is 6.88. The summed E-state index contributed by atoms with van der Waals surface area (Å²) in [4.78, 5) is 27.3. The van der Waals surface area contributed by atoms with Crippen molar-refractivity contribution in [3.63, 3.8) is 0 Å². The lowest BCUT2D eigenvalue weighted by atomic mass is 9.84. The van der Waals surface area contributed by atoms with Crippen LogP contribution in [0.25, 0.3) is 0 Å². The van der Waals surface area contributed by atoms with Crippen molar-refractivity contribution in [1.82, 2.24) is 4.90 Å². The van der Waals surface area contributed by atoms with E-state index >= 15 is 0 Å². The van der Waals surface area contributed by atoms with Gasteiger partial charge >= 0.3 is 11.9 Å². The highest BCUT2D eigenvalue weighted by molar-refractivity contribution is 5.72. The van der Waals surface area contributed by atoms with Crippen LogP contribution in [0.4, 0.5) is 0 Å². The zero-order chi connectivity index (χ0) is 24.7. The summed E-state index contributed by atoms with van der Waals surface area (Å²) in [5.41, 5.74) is -2.38. The van der Waals surface area contributed by atoms with E-state index in [1.165, 1.54) is 0 Å². The highest BCUT2D eigenvalue weighted by Crippen LogP contribution is 2.31. The molecule has 32 heavy (non-hydrogen) atoms. The Bertz CT molecular complexity index is 605. The Kier molecular flexibility index (Phi) is 11.1. The minimum Gasteiger partial charge on any atom is -0.459 e. The first-order valence-corrected chi connectivity index (χ1v) is 12.3. The van der Waals surface area contributed by atoms with Crippen molar-refractivity contribution >= 4 is 11.9 Å². The van der Waals surface area contributed by atoms with Crippen LogP contribution in [0.2, 0.25) is 0 Å². The van der Waals surface area contributed by atoms with Crippen molar-refractivity contribution in [3.05, 3.63) is 0 Å². The quantitative estimate of drug-likeness (QED) is 0.622. The van der Waals surface area contributed by atoms with Crippen LogP contribution in [-0.4, -0.2) is 70.1 Å². The smallest absolute Gasteiger partial charge is 0.309 e. The molecule has 0 aliphatic carbocycles. The number of esters is 2. The second kappa shape index (κ2) is 12.3. The third kappa shape index (κ3) is 8.31. The van der Waals surface area contributed by atoms with Gasteiger partial charge < -0.3 is 19.7 Å². The molecular weight excluding hydrogens is 410 g/mol. The molecule has 0 aromatic rings. The minimum atomic E-state index is -1.56. The zero-order valence-corrected chi connectivity index (χ0v) is 21.5. The van der Waals surface area contributed by atoms with Gasteiger partial charge in [-0.05, 0) is 78.8 Å². The van der Waals surface area contributed by atoms with Crippen LogP contribution in [0.5, 0.6) is 0 Å². The van der Waals surface area contributed by atoms with Crippen LogP contribution in [0, 0.1) is 11.8 Å². The van der Waals surface area contributed by atoms with Crippen molar-refractivity contribution < 1.29 is 29.3 Å². The maximum absolute atomic E-state index is 12.9. The molecule has 1 aliphatic rings. The monoisotopic (exact) mass is 457 g/mol. The molecule has 1 saturated heterocycles. The van der Waals surface area contributed by atoms with Gasteiger partial charge in [-0.15, -0.1) is 0 Å². The van der Waals surface area contributed by atoms with Gasteiger partial charge in [-0.1, -0.05) is 27.7 Å². The van der Waals surface area contributed by atoms with Gasteiger partial charge in [0.15, 0.2) is 0 Å². The molecule has 0 aromatic carbocycles. The van der Waals surface area contributed by atoms with Gasteiger partial charge in [0.2, 0.25) is 0 Å². The van der Waals surface area contributed by atoms with Crippen molar-refractivity contribution in [2.45, 2.75) is 123 Å². The molecule has 2 N–H and O–H groups in total. The minimum absolute atomic E-state index is 0.151. The second-order valence-electron chi connectivity index (χ2n) is 10.5. The fourth-order valence-electron chi connectivity index (χ4n) is 4.95. The zero-order valence-electron chi connectivity index (χ0n) is 21.5. The normalized spacial score (nSPS) is 38.9. The molecule has 4 unspecified atom stereocenters. The Balaban J connectivity index is 3.31. The lowest BCUT2D eigenvalue weighted by Crippen LogP contribution is -2.60. The maximum Gasteiger partial charge on any atom is 0.309 e. The largest absolute Gasteiger partial charge is 0.459 e. The van der Waals surface area contributed by atoms with E-state index in [2.05, 4.69) is 0 Å². The average Bonchev–Trinajstić information content (AvgIpc) is 2.67. The summed E-state index contributed by atoms with van der Waals surface area (Å²) >= 11 is 0. The molecule has 0 saturated carbocycles. The van der Waals surface area contributed by atoms with E-state index in [-0.39, 0.29) is 36.2 Å². The summed E-state index contributed by atoms with van der Waals surface area (Å²) in [7, 11) is 1.92. The highest BCUT2D eigenvalue weighted by atomic mass is 16.6. The van der Waals surface area contributed by atoms with Gasteiger partial charge in [0.1, 0.15) is 17.8 Å². The molecule has 7 atom stereocenters. The Morgan fingerprint density at radius 2 is 1.84 bits per heavy atom. The predicted octanol–water partition coefficient (Wildman–Crippen LogP) is 3.69. The number of nitrogens with zero attached hydrogens (tertiary/aromatic N) is 1. The fraction of sp³-hybridized carbons (Fsp3) is 0.920. The molecule has 0 spiro atoms. The summed E-state index contributed by atoms with van der Waals surface area (Å²) < 4.78 is 11.6. The predicted molar refractivity (Wildman–Crippen MR) is 125 cm³/mol. The molecule has 1 heterocycles. The van der Waals surface area contributed by atoms with Crippen LogP contribution in [0.15, 0.2) is 0 Å². The van der Waals surface area contributed by atoms with Crippen LogP contribution in [0.1, 0.15) is 93.4 Å². The van der Waals surface area contributed by atoms with Gasteiger partial charge in [0.05, 0.1) is 11.5 Å². The Morgan fingerprint density at radius 1 is 1.22 bits per heavy atom. The first kappa shape index (κ1) is 28.9. The van der Waals surface area contributed by atoms with Gasteiger partial charge in [0.25, 0.3) is 0 Å². The number of hydrogen-bond acceptors (Lipinski definition) is 7. The molecule has 0 bridgehead atoms. The summed E-state index contributed by atoms with van der Waals surface area (Å²) in [6, 6.07) is -0.315. The second-order valence-corrected chi connectivity index (χ2v) is 10.5. The lowest BCUT2D eigenvalue weighted by Gasteiger charge is -2.43. The Labute approximate surface area is 194 Å². The topological polar surface area (TPSA) is 96.3 Å². The van der Waals surface area contributed by atoms with Gasteiger partial charge in [-0.25, -0.2) is 0 Å². The molecule has 7 nitrogen and oxygen atoms in total. The van der Waals surface area contributed by atoms with E-state index in [1.54, 1.807) is 6.92 Å². The SMILES string of the molecule is CCCC(=O)OC1C(C)N(C)CCCC(C)(O)C[C@@H](C)CC(C)C(=O)O[C@H](CC)[C@@]1(C)O. The fourth-order valence-corrected chi connectivity index (χ4v) is 4.95. The van der Waals surface area contributed by atoms with Gasteiger partial charge in [-0.3, -0.25) is 14.5 Å². The summed E-state index contributed by atoms with van der Waals surface area (Å²) in [5.74, 6) is -0.963. The summed E-state index contributed by atoms with van der Waals surface area (Å²) in [5, 5.41) is 22.4. The van der Waals surface area contributed by atoms with Crippen molar-refractivity contribution in [2.75, 3.05) is 13.6 Å². The molecule has 1 aliphatic heterocycles. The van der Waals surface area contributed by atoms with Crippen LogP contribution in [-0.2, 0) is 19.1 Å². The molecule has 0 amide bonds. The number of carbonyl (C=O) groups is 2. The lowest BCUT2D eigenvalue weighted by molar-refractivity contribution is -0.202. The van der Waals surface area contributed by atoms with E-state index in [0.717, 1.165) is 6.42 Å². The molecular formula is C25H47NO6. The number of carbonyl (C=O) groups excluding carboxylic acids is 2. The number of aliphatic hydroxyl groups is 2. The first-order chi connectivity index (χ1) is 14.7. The highest BCUT2D eigenvalue weighted by Gasteiger charge is 2.47. The summed E-state index contributed by atoms with van der Waals surface area (Å²) in [6.45, 7) is 13.6. The van der Waals surface area contributed by atoms with Crippen LogP contribution < -0.4 is 0 Å². The van der Waals surface area contributed by atoms with Crippen LogP contribution in [0.3, 0.4) is 0 Å². The molecule has 0 radical (unpaired) electrons. The first-order valence-electron chi connectivity index (χ1n) is 12.3. The van der Waals surface area contributed by atoms with Crippen LogP contribution >= 0.6 is 0 Å². The van der Waals surface area contributed by atoms with Gasteiger partial charge in [-0.2, -0.15) is 0 Å². The van der Waals surface area contributed by atoms with Crippen molar-refractivity contribution in [1.29, 1.82) is 0 Å². The number of cyclic esters (lactones) is 1. The molecule has 0 aromatic heterocycles. The van der Waals surface area contributed by atoms with Gasteiger partial charge in [0, 0.05) is 12.5 Å². The van der Waals surface area contributed by atoms with E-state index in [0.29, 0.717) is 38.6 Å². The average molecular weight is 458 g/mol. The van der Waals surface area contributed by atoms with Crippen molar-refractivity contribution in [3.8, 4) is 0 Å². The Morgan fingerprint density at radius 3 is 2.41 bits per heavy atom. The van der Waals surface area contributed by atoms with E-state index in [4.69, 9.17) is 9.47 Å². The number of hydrogen-bond donors (Lipinski definition) is 2. The standard InChI is InChI=1S/C25H47NO6/c1-9-12-21(27)32-22-19(5)26(8)14-11-13-24(6,29)16-17(3)15-18(4)23(28)31-20(10-2)25(22,7)30/h17-20,22,29-30H,9-16H2,1-8H3/t17-,18?,19?,20+,22?,24?,25+/m0/s1. The number of rotatable bonds is 4. The van der Waals surface area contributed by atoms with E-state index < -0.39 is 23.4 Å². The molecule has 1 rings (SSSR count). The Hall–Kier alpha value is -1.18. The molecule has 188 valence electrons. The molecule has 7 heteroatoms. The molecule has 1 fully saturated rings. The maximum atomic E-state index is 12.9. The summed E-state index contributed by atoms with van der Waals surface area (Å²) in [6.07, 6.45) is 2.22. The van der Waals surface area contributed by atoms with Crippen molar-refractivity contribution in [2.24, 2.45) is 11.8 Å². The third-order valence-corrected chi connectivity index (χ3v) is 6.88. The number of ether oxygens (including phenoxy) is 2. The number of likely N-dealkylation sites (N-methyl/N-ethyl adjacent to an activating group) is 1. The van der Waals surface area contributed by atoms with E-state index in [9.17, 15) is 19.8 Å².